The Kier molecular flexibility index (Phi) is 5.00. The van der Waals surface area contributed by atoms with Gasteiger partial charge >= 0.3 is 5.97 Å². The third kappa shape index (κ3) is 3.63. The van der Waals surface area contributed by atoms with Crippen LogP contribution in [-0.2, 0) is 0 Å². The van der Waals surface area contributed by atoms with E-state index in [1.807, 2.05) is 0 Å². The lowest BCUT2D eigenvalue weighted by atomic mass is 10.0. The maximum Gasteiger partial charge on any atom is 0.353 e. The van der Waals surface area contributed by atoms with Crippen LogP contribution in [0.5, 0.6) is 0 Å². The van der Waals surface area contributed by atoms with Crippen LogP contribution >= 0.6 is 12.6 Å². The molecule has 0 amide bonds. The summed E-state index contributed by atoms with van der Waals surface area (Å²) >= 11 is 4.02. The van der Waals surface area contributed by atoms with Crippen molar-refractivity contribution in [1.29, 1.82) is 0 Å². The van der Waals surface area contributed by atoms with Gasteiger partial charge in [0.25, 0.3) is 0 Å². The monoisotopic (exact) mass is 308 g/mol. The molecule has 0 aliphatic rings. The number of aromatic amines is 1. The second kappa shape index (κ2) is 6.75. The maximum atomic E-state index is 10.8. The summed E-state index contributed by atoms with van der Waals surface area (Å²) in [4.78, 5) is 10.8. The first-order valence-corrected chi connectivity index (χ1v) is 7.02. The number of carboxylic acids is 1. The molecule has 1 heterocycles. The van der Waals surface area contributed by atoms with Crippen LogP contribution in [0.2, 0.25) is 0 Å². The Hall–Kier alpha value is -1.83. The molecule has 1 aromatic carbocycles. The minimum absolute atomic E-state index is 0.0123. The molecule has 1 aromatic heterocycles. The third-order valence-electron chi connectivity index (χ3n) is 3.15. The average Bonchev–Trinajstić information content (AvgIpc) is 2.97. The highest BCUT2D eigenvalue weighted by molar-refractivity contribution is 7.80. The molecule has 0 saturated carbocycles. The lowest BCUT2D eigenvalue weighted by molar-refractivity contribution is 0.0172. The van der Waals surface area contributed by atoms with Crippen molar-refractivity contribution in [2.45, 2.75) is 18.6 Å². The number of aliphatic hydroxyl groups is 2. The second-order valence-electron chi connectivity index (χ2n) is 4.62. The fraction of sp³-hybridized carbons (Fsp3) is 0.286. The fourth-order valence-corrected chi connectivity index (χ4v) is 2.21. The van der Waals surface area contributed by atoms with Gasteiger partial charge in [0.15, 0.2) is 0 Å². The zero-order valence-electron chi connectivity index (χ0n) is 11.1. The molecule has 0 aliphatic carbocycles. The van der Waals surface area contributed by atoms with Crippen LogP contribution in [-0.4, -0.2) is 43.3 Å². The summed E-state index contributed by atoms with van der Waals surface area (Å²) in [5, 5.41) is 34.9. The van der Waals surface area contributed by atoms with Gasteiger partial charge in [-0.3, -0.25) is 5.10 Å². The van der Waals surface area contributed by atoms with E-state index in [0.29, 0.717) is 23.4 Å². The van der Waals surface area contributed by atoms with Gasteiger partial charge in [-0.1, -0.05) is 24.3 Å². The number of aromatic carboxylic acids is 1. The van der Waals surface area contributed by atoms with E-state index in [2.05, 4.69) is 22.8 Å². The topological polar surface area (TPSA) is 106 Å². The summed E-state index contributed by atoms with van der Waals surface area (Å²) in [6.45, 7) is 0. The number of rotatable bonds is 6. The quantitative estimate of drug-likeness (QED) is 0.520. The molecule has 0 aliphatic heterocycles. The fourth-order valence-electron chi connectivity index (χ4n) is 1.94. The highest BCUT2D eigenvalue weighted by Crippen LogP contribution is 2.23. The van der Waals surface area contributed by atoms with Gasteiger partial charge in [-0.25, -0.2) is 4.79 Å². The van der Waals surface area contributed by atoms with Crippen LogP contribution in [0.3, 0.4) is 0 Å². The largest absolute Gasteiger partial charge is 0.477 e. The second-order valence-corrected chi connectivity index (χ2v) is 5.07. The van der Waals surface area contributed by atoms with Crippen LogP contribution in [0.25, 0.3) is 11.3 Å². The summed E-state index contributed by atoms with van der Waals surface area (Å²) < 4.78 is 0. The lowest BCUT2D eigenvalue weighted by Crippen LogP contribution is -2.18. The average molecular weight is 308 g/mol. The van der Waals surface area contributed by atoms with Crippen molar-refractivity contribution in [3.63, 3.8) is 0 Å². The van der Waals surface area contributed by atoms with Crippen LogP contribution in [0.1, 0.15) is 28.6 Å². The van der Waals surface area contributed by atoms with Crippen molar-refractivity contribution in [3.8, 4) is 11.3 Å². The molecular formula is C14H16N2O4S. The van der Waals surface area contributed by atoms with E-state index in [1.54, 1.807) is 24.3 Å². The smallest absolute Gasteiger partial charge is 0.353 e. The molecule has 7 heteroatoms. The molecule has 4 N–H and O–H groups in total. The predicted molar refractivity (Wildman–Crippen MR) is 80.4 cm³/mol. The van der Waals surface area contributed by atoms with Gasteiger partial charge in [0.2, 0.25) is 0 Å². The number of aliphatic hydroxyl groups excluding tert-OH is 2. The first-order chi connectivity index (χ1) is 10.0. The molecule has 0 radical (unpaired) electrons. The predicted octanol–water partition coefficient (Wildman–Crippen LogP) is 1.49. The third-order valence-corrected chi connectivity index (χ3v) is 3.40. The summed E-state index contributed by atoms with van der Waals surface area (Å²) in [6.07, 6.45) is -1.44. The number of H-pyrrole nitrogens is 1. The number of nitrogens with one attached hydrogen (secondary N) is 1. The van der Waals surface area contributed by atoms with Crippen molar-refractivity contribution in [2.24, 2.45) is 0 Å². The Morgan fingerprint density at radius 1 is 1.29 bits per heavy atom. The molecule has 0 spiro atoms. The summed E-state index contributed by atoms with van der Waals surface area (Å²) in [7, 11) is 0. The molecule has 2 rings (SSSR count). The number of thiol groups is 1. The Bertz CT molecular complexity index is 612. The zero-order chi connectivity index (χ0) is 15.4. The van der Waals surface area contributed by atoms with Gasteiger partial charge in [0.1, 0.15) is 11.8 Å². The van der Waals surface area contributed by atoms with Crippen molar-refractivity contribution in [2.75, 3.05) is 5.75 Å². The maximum absolute atomic E-state index is 10.8. The zero-order valence-corrected chi connectivity index (χ0v) is 12.0. The number of nitrogens with zero attached hydrogens (tertiary/aromatic N) is 1. The number of benzene rings is 1. The van der Waals surface area contributed by atoms with E-state index in [1.165, 1.54) is 6.07 Å². The van der Waals surface area contributed by atoms with Gasteiger partial charge in [-0.15, -0.1) is 0 Å². The van der Waals surface area contributed by atoms with Gasteiger partial charge in [-0.05, 0) is 23.8 Å². The first-order valence-electron chi connectivity index (χ1n) is 6.39. The van der Waals surface area contributed by atoms with Crippen LogP contribution in [0.15, 0.2) is 30.3 Å². The lowest BCUT2D eigenvalue weighted by Gasteiger charge is -2.17. The van der Waals surface area contributed by atoms with Crippen LogP contribution in [0, 0.1) is 0 Å². The molecule has 2 atom stereocenters. The number of carboxylic acid groups (broad SMARTS) is 1. The van der Waals surface area contributed by atoms with E-state index >= 15 is 0 Å². The molecule has 6 nitrogen and oxygen atoms in total. The molecule has 21 heavy (non-hydrogen) atoms. The SMILES string of the molecule is O=C(O)c1cc(-c2ccc(C(O)C(O)CCS)cc2)n[nH]1. The Morgan fingerprint density at radius 2 is 1.95 bits per heavy atom. The molecule has 0 saturated heterocycles. The van der Waals surface area contributed by atoms with Gasteiger partial charge < -0.3 is 15.3 Å². The van der Waals surface area contributed by atoms with Crippen LogP contribution in [0.4, 0.5) is 0 Å². The minimum Gasteiger partial charge on any atom is -0.477 e. The van der Waals surface area contributed by atoms with E-state index in [0.717, 1.165) is 5.56 Å². The highest BCUT2D eigenvalue weighted by Gasteiger charge is 2.17. The van der Waals surface area contributed by atoms with Crippen molar-refractivity contribution >= 4 is 18.6 Å². The number of hydrogen-bond donors (Lipinski definition) is 5. The van der Waals surface area contributed by atoms with Crippen molar-refractivity contribution in [3.05, 3.63) is 41.6 Å². The van der Waals surface area contributed by atoms with E-state index < -0.39 is 18.2 Å². The number of hydrogen-bond acceptors (Lipinski definition) is 5. The van der Waals surface area contributed by atoms with E-state index in [4.69, 9.17) is 5.11 Å². The first kappa shape index (κ1) is 15.6. The summed E-state index contributed by atoms with van der Waals surface area (Å²) in [5.74, 6) is -0.586. The Morgan fingerprint density at radius 3 is 2.48 bits per heavy atom. The van der Waals surface area contributed by atoms with Gasteiger partial charge in [0, 0.05) is 5.56 Å². The van der Waals surface area contributed by atoms with Crippen LogP contribution < -0.4 is 0 Å². The Balaban J connectivity index is 2.16. The molecule has 2 aromatic rings. The Labute approximate surface area is 126 Å². The van der Waals surface area contributed by atoms with Gasteiger partial charge in [0.05, 0.1) is 11.8 Å². The summed E-state index contributed by atoms with van der Waals surface area (Å²) in [5.41, 5.74) is 1.82. The standard InChI is InChI=1S/C14H16N2O4S/c17-12(5-6-21)13(18)9-3-1-8(2-4-9)10-7-11(14(19)20)16-15-10/h1-4,7,12-13,17-18,21H,5-6H2,(H,15,16)(H,19,20). The van der Waals surface area contributed by atoms with E-state index in [-0.39, 0.29) is 5.69 Å². The molecule has 0 bridgehead atoms. The highest BCUT2D eigenvalue weighted by atomic mass is 32.1. The van der Waals surface area contributed by atoms with E-state index in [9.17, 15) is 15.0 Å². The molecule has 0 fully saturated rings. The molecular weight excluding hydrogens is 292 g/mol. The number of carbonyl (C=O) groups is 1. The molecule has 2 unspecified atom stereocenters. The van der Waals surface area contributed by atoms with Crippen molar-refractivity contribution < 1.29 is 20.1 Å². The minimum atomic E-state index is -1.07. The normalized spacial score (nSPS) is 13.9. The number of aromatic nitrogens is 2. The molecule has 112 valence electrons. The van der Waals surface area contributed by atoms with Crippen molar-refractivity contribution in [1.82, 2.24) is 10.2 Å². The summed E-state index contributed by atoms with van der Waals surface area (Å²) in [6, 6.07) is 8.22. The van der Waals surface area contributed by atoms with Gasteiger partial charge in [-0.2, -0.15) is 17.7 Å².